The minimum absolute atomic E-state index is 0.00563. The maximum Gasteiger partial charge on any atom is 0.255 e. The van der Waals surface area contributed by atoms with Gasteiger partial charge in [-0.15, -0.1) is 11.3 Å². The molecule has 9 heteroatoms. The lowest BCUT2D eigenvalue weighted by Crippen LogP contribution is -2.38. The third-order valence-corrected chi connectivity index (χ3v) is 9.73. The maximum atomic E-state index is 15.5. The molecule has 1 N–H and O–H groups in total. The molecule has 0 spiro atoms. The number of aryl methyl sites for hydroxylation is 1. The first-order chi connectivity index (χ1) is 21.4. The molecular formula is C35H34FN5O2S. The fraction of sp³-hybridized carbons (Fsp3) is 0.343. The number of nitrogens with zero attached hydrogens (tertiary/aromatic N) is 4. The SMILES string of the molecule is CC1CCN(Cc2ccc(C#Cc3cc(F)c4c(c3)C(=O)N(C(C(=O)Nc3nccs3)c3ccn5c3CCC5)C4)cc2)CC1. The number of fused-ring (bicyclic) bond motifs is 2. The number of anilines is 1. The maximum absolute atomic E-state index is 15.5. The summed E-state index contributed by atoms with van der Waals surface area (Å²) >= 11 is 1.31. The van der Waals surface area contributed by atoms with E-state index in [0.717, 1.165) is 61.8 Å². The first kappa shape index (κ1) is 28.5. The van der Waals surface area contributed by atoms with E-state index in [0.29, 0.717) is 16.3 Å². The van der Waals surface area contributed by atoms with Gasteiger partial charge in [0.1, 0.15) is 11.9 Å². The van der Waals surface area contributed by atoms with Crippen molar-refractivity contribution in [3.8, 4) is 11.8 Å². The summed E-state index contributed by atoms with van der Waals surface area (Å²) in [5.41, 5.74) is 4.87. The summed E-state index contributed by atoms with van der Waals surface area (Å²) in [6.45, 7) is 6.40. The molecule has 0 saturated carbocycles. The second-order valence-corrected chi connectivity index (χ2v) is 13.0. The number of amides is 2. The van der Waals surface area contributed by atoms with Crippen molar-refractivity contribution in [2.24, 2.45) is 5.92 Å². The number of benzene rings is 2. The van der Waals surface area contributed by atoms with Crippen LogP contribution in [-0.2, 0) is 30.8 Å². The molecule has 44 heavy (non-hydrogen) atoms. The summed E-state index contributed by atoms with van der Waals surface area (Å²) < 4.78 is 17.6. The molecule has 1 unspecified atom stereocenters. The van der Waals surface area contributed by atoms with Crippen molar-refractivity contribution < 1.29 is 14.0 Å². The number of carbonyl (C=O) groups excluding carboxylic acids is 2. The van der Waals surface area contributed by atoms with Crippen molar-refractivity contribution >= 4 is 28.3 Å². The Hall–Kier alpha value is -4.26. The summed E-state index contributed by atoms with van der Waals surface area (Å²) in [4.78, 5) is 35.7. The lowest BCUT2D eigenvalue weighted by Gasteiger charge is -2.30. The smallest absolute Gasteiger partial charge is 0.255 e. The monoisotopic (exact) mass is 607 g/mol. The number of aromatic nitrogens is 2. The van der Waals surface area contributed by atoms with Crippen LogP contribution in [0.3, 0.4) is 0 Å². The van der Waals surface area contributed by atoms with Gasteiger partial charge in [0.25, 0.3) is 11.8 Å². The highest BCUT2D eigenvalue weighted by atomic mass is 32.1. The zero-order valence-electron chi connectivity index (χ0n) is 24.7. The van der Waals surface area contributed by atoms with Gasteiger partial charge in [0.05, 0.1) is 6.54 Å². The Balaban J connectivity index is 1.11. The standard InChI is InChI=1S/C35H34FN5O2S/c1-23-10-15-39(16-11-23)21-25-7-4-24(5-8-25)6-9-26-19-28-29(30(36)20-26)22-41(34(28)43)32(33(42)38-35-37-13-18-44-35)27-12-17-40-14-2-3-31(27)40/h4-5,7-8,12-13,17-20,23,32H,2-3,10-11,14-16,21-22H2,1H3,(H,37,38,42). The molecule has 7 nitrogen and oxygen atoms in total. The van der Waals surface area contributed by atoms with Gasteiger partial charge in [-0.25, -0.2) is 9.37 Å². The summed E-state index contributed by atoms with van der Waals surface area (Å²) in [5, 5.41) is 5.10. The predicted octanol–water partition coefficient (Wildman–Crippen LogP) is 6.00. The lowest BCUT2D eigenvalue weighted by molar-refractivity contribution is -0.120. The fourth-order valence-corrected chi connectivity index (χ4v) is 7.11. The molecule has 0 radical (unpaired) electrons. The van der Waals surface area contributed by atoms with Crippen LogP contribution in [0.25, 0.3) is 0 Å². The molecule has 2 aromatic carbocycles. The highest BCUT2D eigenvalue weighted by Crippen LogP contribution is 2.37. The minimum atomic E-state index is -0.908. The number of thiazole rings is 1. The number of carbonyl (C=O) groups is 2. The Morgan fingerprint density at radius 2 is 1.91 bits per heavy atom. The number of nitrogens with one attached hydrogen (secondary N) is 1. The summed E-state index contributed by atoms with van der Waals surface area (Å²) in [6, 6.07) is 12.2. The van der Waals surface area contributed by atoms with Crippen molar-refractivity contribution in [3.05, 3.63) is 105 Å². The number of rotatable bonds is 6. The quantitative estimate of drug-likeness (QED) is 0.273. The van der Waals surface area contributed by atoms with Gasteiger partial charge in [-0.2, -0.15) is 0 Å². The number of likely N-dealkylation sites (tertiary alicyclic amines) is 1. The highest BCUT2D eigenvalue weighted by Gasteiger charge is 2.41. The molecule has 1 atom stereocenters. The normalized spacial score (nSPS) is 17.2. The molecule has 5 heterocycles. The van der Waals surface area contributed by atoms with Crippen LogP contribution >= 0.6 is 11.3 Å². The van der Waals surface area contributed by atoms with E-state index in [4.69, 9.17) is 0 Å². The number of hydrogen-bond donors (Lipinski definition) is 1. The van der Waals surface area contributed by atoms with Gasteiger partial charge in [-0.3, -0.25) is 19.8 Å². The highest BCUT2D eigenvalue weighted by molar-refractivity contribution is 7.13. The van der Waals surface area contributed by atoms with E-state index in [1.807, 2.05) is 24.4 Å². The molecule has 224 valence electrons. The van der Waals surface area contributed by atoms with Crippen molar-refractivity contribution in [3.63, 3.8) is 0 Å². The molecule has 3 aliphatic rings. The van der Waals surface area contributed by atoms with E-state index in [-0.39, 0.29) is 23.9 Å². The van der Waals surface area contributed by atoms with Gasteiger partial charge in [0.2, 0.25) is 0 Å². The van der Waals surface area contributed by atoms with Crippen LogP contribution in [0.15, 0.2) is 60.2 Å². The van der Waals surface area contributed by atoms with Crippen LogP contribution < -0.4 is 5.32 Å². The Morgan fingerprint density at radius 1 is 1.11 bits per heavy atom. The molecule has 3 aliphatic heterocycles. The van der Waals surface area contributed by atoms with E-state index in [9.17, 15) is 9.59 Å². The van der Waals surface area contributed by atoms with Crippen LogP contribution in [0.5, 0.6) is 0 Å². The predicted molar refractivity (Wildman–Crippen MR) is 169 cm³/mol. The van der Waals surface area contributed by atoms with Gasteiger partial charge < -0.3 is 9.47 Å². The van der Waals surface area contributed by atoms with Crippen LogP contribution in [0.4, 0.5) is 9.52 Å². The Kier molecular flexibility index (Phi) is 7.79. The van der Waals surface area contributed by atoms with Crippen molar-refractivity contribution in [2.45, 2.75) is 58.3 Å². The van der Waals surface area contributed by atoms with E-state index in [2.05, 4.69) is 50.7 Å². The summed E-state index contributed by atoms with van der Waals surface area (Å²) in [7, 11) is 0. The molecule has 7 rings (SSSR count). The fourth-order valence-electron chi connectivity index (χ4n) is 6.58. The largest absolute Gasteiger partial charge is 0.351 e. The van der Waals surface area contributed by atoms with Crippen molar-refractivity contribution in [1.82, 2.24) is 19.4 Å². The first-order valence-electron chi connectivity index (χ1n) is 15.3. The molecule has 0 aliphatic carbocycles. The Labute approximate surface area is 260 Å². The van der Waals surface area contributed by atoms with Crippen LogP contribution in [-0.4, -0.2) is 44.3 Å². The van der Waals surface area contributed by atoms with Crippen LogP contribution in [0.2, 0.25) is 0 Å². The average Bonchev–Trinajstić information content (AvgIpc) is 3.82. The van der Waals surface area contributed by atoms with Gasteiger partial charge >= 0.3 is 0 Å². The lowest BCUT2D eigenvalue weighted by atomic mass is 9.99. The molecule has 1 saturated heterocycles. The first-order valence-corrected chi connectivity index (χ1v) is 16.2. The summed E-state index contributed by atoms with van der Waals surface area (Å²) in [6.07, 6.45) is 7.88. The molecule has 2 aromatic heterocycles. The number of halogens is 1. The van der Waals surface area contributed by atoms with E-state index in [1.54, 1.807) is 17.6 Å². The molecule has 1 fully saturated rings. The van der Waals surface area contributed by atoms with Crippen LogP contribution in [0, 0.1) is 23.6 Å². The van der Waals surface area contributed by atoms with Gasteiger partial charge in [0, 0.05) is 64.4 Å². The van der Waals surface area contributed by atoms with E-state index in [1.165, 1.54) is 40.7 Å². The third-order valence-electron chi connectivity index (χ3n) is 9.05. The Morgan fingerprint density at radius 3 is 2.68 bits per heavy atom. The van der Waals surface area contributed by atoms with Gasteiger partial charge in [-0.05, 0) is 80.6 Å². The summed E-state index contributed by atoms with van der Waals surface area (Å²) in [5.74, 6) is 5.76. The molecule has 0 bridgehead atoms. The average molecular weight is 608 g/mol. The van der Waals surface area contributed by atoms with Crippen molar-refractivity contribution in [2.75, 3.05) is 18.4 Å². The number of piperidine rings is 1. The van der Waals surface area contributed by atoms with E-state index >= 15 is 4.39 Å². The molecular weight excluding hydrogens is 573 g/mol. The van der Waals surface area contributed by atoms with Gasteiger partial charge in [-0.1, -0.05) is 30.9 Å². The molecule has 4 aromatic rings. The van der Waals surface area contributed by atoms with Crippen LogP contribution in [0.1, 0.15) is 76.1 Å². The van der Waals surface area contributed by atoms with Gasteiger partial charge in [0.15, 0.2) is 5.13 Å². The van der Waals surface area contributed by atoms with Crippen molar-refractivity contribution in [1.29, 1.82) is 0 Å². The second-order valence-electron chi connectivity index (χ2n) is 12.1. The zero-order valence-corrected chi connectivity index (χ0v) is 25.5. The topological polar surface area (TPSA) is 70.5 Å². The second kappa shape index (κ2) is 12.0. The number of hydrogen-bond acceptors (Lipinski definition) is 5. The van der Waals surface area contributed by atoms with E-state index < -0.39 is 11.9 Å². The third kappa shape index (κ3) is 5.68. The zero-order chi connectivity index (χ0) is 30.2. The Bertz CT molecular complexity index is 1760. The molecule has 2 amide bonds. The minimum Gasteiger partial charge on any atom is -0.351 e.